The molecule has 2 rings (SSSR count). The fourth-order valence-corrected chi connectivity index (χ4v) is 2.44. The molecule has 0 N–H and O–H groups in total. The fourth-order valence-electron chi connectivity index (χ4n) is 1.50. The molecule has 19 heavy (non-hydrogen) atoms. The van der Waals surface area contributed by atoms with Gasteiger partial charge in [0, 0.05) is 5.56 Å². The van der Waals surface area contributed by atoms with Crippen molar-refractivity contribution in [1.29, 1.82) is 0 Å². The Hall–Kier alpha value is -1.20. The highest BCUT2D eigenvalue weighted by atomic mass is 79.9. The summed E-state index contributed by atoms with van der Waals surface area (Å²) in [5.41, 5.74) is 1.42. The van der Waals surface area contributed by atoms with E-state index in [0.717, 1.165) is 11.8 Å². The molecule has 0 bridgehead atoms. The highest BCUT2D eigenvalue weighted by Crippen LogP contribution is 2.27. The molecule has 0 fully saturated rings. The number of aldehydes is 1. The van der Waals surface area contributed by atoms with Gasteiger partial charge in [-0.2, -0.15) is 0 Å². The van der Waals surface area contributed by atoms with Crippen LogP contribution in [-0.4, -0.2) is 6.29 Å². The molecule has 0 aliphatic rings. The van der Waals surface area contributed by atoms with Gasteiger partial charge in [0.2, 0.25) is 0 Å². The van der Waals surface area contributed by atoms with Crippen LogP contribution in [0.25, 0.3) is 0 Å². The zero-order valence-electron chi connectivity index (χ0n) is 9.70. The first-order valence-corrected chi connectivity index (χ1v) is 7.00. The third-order valence-corrected chi connectivity index (χ3v) is 3.70. The molecule has 2 aromatic carbocycles. The van der Waals surface area contributed by atoms with Crippen LogP contribution < -0.4 is 4.74 Å². The lowest BCUT2D eigenvalue weighted by atomic mass is 10.2. The summed E-state index contributed by atoms with van der Waals surface area (Å²) in [4.78, 5) is 10.6. The molecule has 0 saturated carbocycles. The van der Waals surface area contributed by atoms with Crippen molar-refractivity contribution in [1.82, 2.24) is 0 Å². The highest BCUT2D eigenvalue weighted by molar-refractivity contribution is 9.10. The van der Waals surface area contributed by atoms with E-state index < -0.39 is 0 Å². The lowest BCUT2D eigenvalue weighted by molar-refractivity contribution is 0.112. The van der Waals surface area contributed by atoms with Crippen LogP contribution in [-0.2, 0) is 6.61 Å². The maximum absolute atomic E-state index is 13.1. The molecule has 0 radical (unpaired) electrons. The van der Waals surface area contributed by atoms with Crippen LogP contribution in [0.1, 0.15) is 15.9 Å². The van der Waals surface area contributed by atoms with Crippen LogP contribution in [0.2, 0.25) is 0 Å². The van der Waals surface area contributed by atoms with E-state index in [1.807, 2.05) is 0 Å². The molecule has 0 spiro atoms. The van der Waals surface area contributed by atoms with Crippen molar-refractivity contribution in [3.05, 3.63) is 62.3 Å². The first kappa shape index (κ1) is 14.2. The largest absolute Gasteiger partial charge is 0.488 e. The van der Waals surface area contributed by atoms with Gasteiger partial charge in [0.15, 0.2) is 0 Å². The summed E-state index contributed by atoms with van der Waals surface area (Å²) in [6.07, 6.45) is 0.769. The summed E-state index contributed by atoms with van der Waals surface area (Å²) in [6.45, 7) is 0.317. The number of rotatable bonds is 4. The maximum atomic E-state index is 13.1. The summed E-state index contributed by atoms with van der Waals surface area (Å²) in [5.74, 6) is 0.325. The van der Waals surface area contributed by atoms with Crippen molar-refractivity contribution in [3.63, 3.8) is 0 Å². The summed E-state index contributed by atoms with van der Waals surface area (Å²) in [5, 5.41) is 0. The number of hydrogen-bond acceptors (Lipinski definition) is 2. The number of hydrogen-bond donors (Lipinski definition) is 0. The first-order valence-electron chi connectivity index (χ1n) is 5.41. The number of halogens is 3. The summed E-state index contributed by atoms with van der Waals surface area (Å²) >= 11 is 6.46. The second kappa shape index (κ2) is 6.30. The van der Waals surface area contributed by atoms with Gasteiger partial charge >= 0.3 is 0 Å². The second-order valence-corrected chi connectivity index (χ2v) is 5.55. The standard InChI is InChI=1S/C14H9Br2FO2/c15-11-6-10(1-3-13(11)17)8-19-14-4-2-9(7-18)5-12(14)16/h1-7H,8H2. The van der Waals surface area contributed by atoms with Crippen LogP contribution in [0.3, 0.4) is 0 Å². The molecular formula is C14H9Br2FO2. The van der Waals surface area contributed by atoms with Gasteiger partial charge in [0.1, 0.15) is 24.5 Å². The molecule has 2 aromatic rings. The Kier molecular flexibility index (Phi) is 4.71. The van der Waals surface area contributed by atoms with Gasteiger partial charge in [-0.3, -0.25) is 4.79 Å². The van der Waals surface area contributed by atoms with Crippen molar-refractivity contribution in [3.8, 4) is 5.75 Å². The van der Waals surface area contributed by atoms with E-state index in [-0.39, 0.29) is 5.82 Å². The molecule has 5 heteroatoms. The quantitative estimate of drug-likeness (QED) is 0.708. The molecule has 0 unspecified atom stereocenters. The second-order valence-electron chi connectivity index (χ2n) is 3.84. The first-order chi connectivity index (χ1) is 9.10. The van der Waals surface area contributed by atoms with E-state index >= 15 is 0 Å². The average molecular weight is 388 g/mol. The molecule has 0 atom stereocenters. The van der Waals surface area contributed by atoms with Gasteiger partial charge in [0.25, 0.3) is 0 Å². The molecular weight excluding hydrogens is 379 g/mol. The SMILES string of the molecule is O=Cc1ccc(OCc2ccc(F)c(Br)c2)c(Br)c1. The molecule has 0 saturated heterocycles. The smallest absolute Gasteiger partial charge is 0.150 e. The summed E-state index contributed by atoms with van der Waals surface area (Å²) in [7, 11) is 0. The van der Waals surface area contributed by atoms with E-state index in [1.165, 1.54) is 6.07 Å². The van der Waals surface area contributed by atoms with Gasteiger partial charge < -0.3 is 4.74 Å². The van der Waals surface area contributed by atoms with Crippen LogP contribution in [0.5, 0.6) is 5.75 Å². The number of benzene rings is 2. The average Bonchev–Trinajstić information content (AvgIpc) is 2.41. The predicted octanol–water partition coefficient (Wildman–Crippen LogP) is 4.74. The van der Waals surface area contributed by atoms with Crippen molar-refractivity contribution in [2.24, 2.45) is 0 Å². The fraction of sp³-hybridized carbons (Fsp3) is 0.0714. The van der Waals surface area contributed by atoms with Crippen LogP contribution >= 0.6 is 31.9 Å². The van der Waals surface area contributed by atoms with Crippen molar-refractivity contribution in [2.75, 3.05) is 0 Å². The van der Waals surface area contributed by atoms with E-state index in [1.54, 1.807) is 30.3 Å². The monoisotopic (exact) mass is 386 g/mol. The van der Waals surface area contributed by atoms with Crippen LogP contribution in [0, 0.1) is 5.82 Å². The van der Waals surface area contributed by atoms with Crippen molar-refractivity contribution in [2.45, 2.75) is 6.61 Å². The Morgan fingerprint density at radius 2 is 1.89 bits per heavy atom. The van der Waals surface area contributed by atoms with E-state index in [0.29, 0.717) is 26.9 Å². The minimum absolute atomic E-state index is 0.305. The summed E-state index contributed by atoms with van der Waals surface area (Å²) < 4.78 is 19.8. The zero-order chi connectivity index (χ0) is 13.8. The molecule has 2 nitrogen and oxygen atoms in total. The zero-order valence-corrected chi connectivity index (χ0v) is 12.9. The lowest BCUT2D eigenvalue weighted by Crippen LogP contribution is -1.97. The third-order valence-electron chi connectivity index (χ3n) is 2.47. The van der Waals surface area contributed by atoms with Gasteiger partial charge in [0.05, 0.1) is 8.95 Å². The molecule has 0 aliphatic heterocycles. The Bertz CT molecular complexity index is 614. The van der Waals surface area contributed by atoms with Crippen molar-refractivity contribution < 1.29 is 13.9 Å². The minimum atomic E-state index is -0.305. The van der Waals surface area contributed by atoms with Crippen LogP contribution in [0.4, 0.5) is 4.39 Å². The number of carbonyl (C=O) groups is 1. The summed E-state index contributed by atoms with van der Waals surface area (Å²) in [6, 6.07) is 9.78. The Labute approximate surface area is 126 Å². The topological polar surface area (TPSA) is 26.3 Å². The van der Waals surface area contributed by atoms with E-state index in [9.17, 15) is 9.18 Å². The maximum Gasteiger partial charge on any atom is 0.150 e. The Morgan fingerprint density at radius 1 is 1.11 bits per heavy atom. The van der Waals surface area contributed by atoms with Gasteiger partial charge in [-0.1, -0.05) is 6.07 Å². The highest BCUT2D eigenvalue weighted by Gasteiger charge is 2.05. The Balaban J connectivity index is 2.09. The molecule has 0 aromatic heterocycles. The third kappa shape index (κ3) is 3.64. The van der Waals surface area contributed by atoms with Gasteiger partial charge in [-0.05, 0) is 67.8 Å². The minimum Gasteiger partial charge on any atom is -0.488 e. The van der Waals surface area contributed by atoms with Gasteiger partial charge in [-0.25, -0.2) is 4.39 Å². The Morgan fingerprint density at radius 3 is 2.53 bits per heavy atom. The molecule has 0 amide bonds. The molecule has 0 aliphatic carbocycles. The van der Waals surface area contributed by atoms with E-state index in [2.05, 4.69) is 31.9 Å². The molecule has 0 heterocycles. The lowest BCUT2D eigenvalue weighted by Gasteiger charge is -2.09. The number of ether oxygens (including phenoxy) is 1. The van der Waals surface area contributed by atoms with Gasteiger partial charge in [-0.15, -0.1) is 0 Å². The van der Waals surface area contributed by atoms with Crippen LogP contribution in [0.15, 0.2) is 45.3 Å². The molecule has 98 valence electrons. The van der Waals surface area contributed by atoms with E-state index in [4.69, 9.17) is 4.74 Å². The number of carbonyl (C=O) groups excluding carboxylic acids is 1. The normalized spacial score (nSPS) is 10.3. The van der Waals surface area contributed by atoms with Crippen molar-refractivity contribution >= 4 is 38.1 Å². The predicted molar refractivity (Wildman–Crippen MR) is 78.0 cm³/mol.